The van der Waals surface area contributed by atoms with Gasteiger partial charge < -0.3 is 49.5 Å². The van der Waals surface area contributed by atoms with Crippen molar-refractivity contribution < 1.29 is 26.6 Å². The summed E-state index contributed by atoms with van der Waals surface area (Å²) in [5, 5.41) is 0. The van der Waals surface area contributed by atoms with Gasteiger partial charge in [0.05, 0.1) is 0 Å². The van der Waals surface area contributed by atoms with Gasteiger partial charge in [-0.1, -0.05) is 0 Å². The van der Waals surface area contributed by atoms with Gasteiger partial charge in [0.25, 0.3) is 0 Å². The van der Waals surface area contributed by atoms with E-state index in [9.17, 15) is 0 Å². The minimum Gasteiger partial charge on any atom is -0.377 e. The topological polar surface area (TPSA) is 159 Å². The molecule has 0 amide bonds. The quantitative estimate of drug-likeness (QED) is 0.194. The summed E-state index contributed by atoms with van der Waals surface area (Å²) in [6.45, 7) is 10.1. The van der Waals surface area contributed by atoms with Gasteiger partial charge in [0.15, 0.2) is 0 Å². The molecule has 12 heteroatoms. The van der Waals surface area contributed by atoms with E-state index in [1.807, 2.05) is 20.8 Å². The maximum atomic E-state index is 5.86. The first-order chi connectivity index (χ1) is 14.9. The summed E-state index contributed by atoms with van der Waals surface area (Å²) < 4.78 is 33.7. The third-order valence-electron chi connectivity index (χ3n) is 4.95. The Morgan fingerprint density at radius 3 is 0.968 bits per heavy atom. The smallest absolute Gasteiger partial charge is 0.377 e. The number of rotatable bonds is 19. The fourth-order valence-corrected chi connectivity index (χ4v) is 9.38. The average Bonchev–Trinajstić information content (AvgIpc) is 2.76. The highest BCUT2D eigenvalue weighted by atomic mass is 28.4. The van der Waals surface area contributed by atoms with Crippen molar-refractivity contribution in [2.75, 3.05) is 67.3 Å². The van der Waals surface area contributed by atoms with E-state index in [-0.39, 0.29) is 11.1 Å². The largest absolute Gasteiger partial charge is 0.504 e. The van der Waals surface area contributed by atoms with Gasteiger partial charge in [-0.15, -0.1) is 0 Å². The Kier molecular flexibility index (Phi) is 22.1. The Morgan fingerprint density at radius 2 is 0.774 bits per heavy atom. The van der Waals surface area contributed by atoms with E-state index in [4.69, 9.17) is 49.5 Å². The zero-order valence-electron chi connectivity index (χ0n) is 20.7. The van der Waals surface area contributed by atoms with Crippen LogP contribution in [-0.2, 0) is 26.6 Å². The van der Waals surface area contributed by atoms with Crippen LogP contribution in [0.1, 0.15) is 46.5 Å². The molecule has 0 aliphatic heterocycles. The van der Waals surface area contributed by atoms with Crippen LogP contribution >= 0.6 is 0 Å². The monoisotopic (exact) mass is 486 g/mol. The van der Waals surface area contributed by atoms with Crippen molar-refractivity contribution >= 4 is 17.6 Å². The SMILES string of the molecule is CCO[Si](OCC)(OCC)C(CCN)CCN.CO[Si](OC)(OC)C(CCN)CCN. The lowest BCUT2D eigenvalue weighted by molar-refractivity contribution is 0.0591. The molecule has 0 unspecified atom stereocenters. The average molecular weight is 487 g/mol. The van der Waals surface area contributed by atoms with E-state index in [1.165, 1.54) is 0 Å². The molecule has 0 aliphatic rings. The molecule has 0 radical (unpaired) electrons. The maximum absolute atomic E-state index is 5.86. The molecule has 0 heterocycles. The van der Waals surface area contributed by atoms with Crippen molar-refractivity contribution in [3.63, 3.8) is 0 Å². The van der Waals surface area contributed by atoms with Crippen molar-refractivity contribution in [2.24, 2.45) is 22.9 Å². The van der Waals surface area contributed by atoms with Gasteiger partial charge in [-0.2, -0.15) is 0 Å². The molecule has 0 saturated carbocycles. The van der Waals surface area contributed by atoms with E-state index in [2.05, 4.69) is 0 Å². The van der Waals surface area contributed by atoms with Gasteiger partial charge in [-0.05, 0) is 72.6 Å². The van der Waals surface area contributed by atoms with Crippen molar-refractivity contribution in [1.82, 2.24) is 0 Å². The third-order valence-corrected chi connectivity index (χ3v) is 11.9. The Hall–Kier alpha value is 0.0338. The van der Waals surface area contributed by atoms with Crippen LogP contribution in [-0.4, -0.2) is 84.9 Å². The van der Waals surface area contributed by atoms with Crippen molar-refractivity contribution in [3.05, 3.63) is 0 Å². The minimum atomic E-state index is -2.63. The lowest BCUT2D eigenvalue weighted by Crippen LogP contribution is -2.51. The maximum Gasteiger partial charge on any atom is 0.504 e. The van der Waals surface area contributed by atoms with Gasteiger partial charge in [-0.3, -0.25) is 0 Å². The zero-order valence-corrected chi connectivity index (χ0v) is 22.7. The van der Waals surface area contributed by atoms with Crippen molar-refractivity contribution in [2.45, 2.75) is 57.5 Å². The Balaban J connectivity index is 0. The molecule has 8 N–H and O–H groups in total. The van der Waals surface area contributed by atoms with Crippen LogP contribution in [0.5, 0.6) is 0 Å². The van der Waals surface area contributed by atoms with Crippen LogP contribution in [0.25, 0.3) is 0 Å². The number of hydrogen-bond acceptors (Lipinski definition) is 10. The van der Waals surface area contributed by atoms with Crippen LogP contribution < -0.4 is 22.9 Å². The highest BCUT2D eigenvalue weighted by Gasteiger charge is 2.48. The number of hydrogen-bond donors (Lipinski definition) is 4. The van der Waals surface area contributed by atoms with E-state index >= 15 is 0 Å². The molecule has 0 bridgehead atoms. The van der Waals surface area contributed by atoms with Gasteiger partial charge in [0.2, 0.25) is 0 Å². The summed E-state index contributed by atoms with van der Waals surface area (Å²) >= 11 is 0. The van der Waals surface area contributed by atoms with Crippen LogP contribution in [0.2, 0.25) is 11.1 Å². The molecular weight excluding hydrogens is 436 g/mol. The first-order valence-corrected chi connectivity index (χ1v) is 14.9. The second kappa shape index (κ2) is 20.6. The first-order valence-electron chi connectivity index (χ1n) is 11.3. The lowest BCUT2D eigenvalue weighted by atomic mass is 10.2. The summed E-state index contributed by atoms with van der Waals surface area (Å²) in [4.78, 5) is 0. The van der Waals surface area contributed by atoms with Crippen LogP contribution in [0.4, 0.5) is 0 Å². The van der Waals surface area contributed by atoms with E-state index in [0.717, 1.165) is 25.7 Å². The second-order valence-corrected chi connectivity index (χ2v) is 13.0. The van der Waals surface area contributed by atoms with E-state index in [0.29, 0.717) is 46.0 Å². The fourth-order valence-electron chi connectivity index (χ4n) is 3.63. The minimum absolute atomic E-state index is 0.192. The molecule has 0 aliphatic carbocycles. The van der Waals surface area contributed by atoms with Crippen molar-refractivity contribution in [1.29, 1.82) is 0 Å². The van der Waals surface area contributed by atoms with Crippen LogP contribution in [0.15, 0.2) is 0 Å². The zero-order chi connectivity index (χ0) is 24.2. The summed E-state index contributed by atoms with van der Waals surface area (Å²) in [7, 11) is -0.345. The molecule has 0 saturated heterocycles. The standard InChI is InChI=1S/C11H28N2O3Si.C8H22N2O3Si/c1-4-14-17(15-5-2,16-6-3)11(7-9-12)8-10-13;1-11-14(12-2,13-3)8(4-6-9)5-7-10/h11H,4-10,12-13H2,1-3H3;8H,4-7,9-10H2,1-3H3. The molecule has 0 spiro atoms. The highest BCUT2D eigenvalue weighted by Crippen LogP contribution is 2.32. The molecule has 10 nitrogen and oxygen atoms in total. The van der Waals surface area contributed by atoms with Crippen LogP contribution in [0, 0.1) is 0 Å². The van der Waals surface area contributed by atoms with Gasteiger partial charge >= 0.3 is 17.6 Å². The van der Waals surface area contributed by atoms with Crippen LogP contribution in [0.3, 0.4) is 0 Å². The molecule has 0 aromatic heterocycles. The number of nitrogens with two attached hydrogens (primary N) is 4. The molecule has 190 valence electrons. The Morgan fingerprint density at radius 1 is 0.516 bits per heavy atom. The summed E-state index contributed by atoms with van der Waals surface area (Å²) in [5.74, 6) is 0. The molecule has 0 atom stereocenters. The predicted octanol–water partition coefficient (Wildman–Crippen LogP) is 1.03. The van der Waals surface area contributed by atoms with E-state index < -0.39 is 17.6 Å². The fraction of sp³-hybridized carbons (Fsp3) is 1.00. The summed E-state index contributed by atoms with van der Waals surface area (Å²) in [6, 6.07) is 0. The molecule has 0 fully saturated rings. The summed E-state index contributed by atoms with van der Waals surface area (Å²) in [5.41, 5.74) is 22.8. The Labute approximate surface area is 192 Å². The third kappa shape index (κ3) is 11.6. The van der Waals surface area contributed by atoms with E-state index in [1.54, 1.807) is 21.3 Å². The highest BCUT2D eigenvalue weighted by molar-refractivity contribution is 6.62. The Bertz CT molecular complexity index is 361. The molecule has 0 aromatic carbocycles. The van der Waals surface area contributed by atoms with Gasteiger partial charge in [0, 0.05) is 52.2 Å². The normalized spacial score (nSPS) is 12.4. The van der Waals surface area contributed by atoms with Crippen molar-refractivity contribution in [3.8, 4) is 0 Å². The lowest BCUT2D eigenvalue weighted by Gasteiger charge is -2.35. The molecule has 31 heavy (non-hydrogen) atoms. The molecule has 0 aromatic rings. The second-order valence-electron chi connectivity index (χ2n) is 6.82. The molecule has 0 rings (SSSR count). The van der Waals surface area contributed by atoms with Gasteiger partial charge in [-0.25, -0.2) is 0 Å². The summed E-state index contributed by atoms with van der Waals surface area (Å²) in [6.07, 6.45) is 3.31. The first kappa shape index (κ1) is 33.2. The van der Waals surface area contributed by atoms with Gasteiger partial charge in [0.1, 0.15) is 0 Å². The molecular formula is C19H50N4O6Si2. The predicted molar refractivity (Wildman–Crippen MR) is 130 cm³/mol.